The SMILES string of the molecule is O=c1[nH]c(Cc2c(F)cccc2Cl)nc2c1CNCC2. The highest BCUT2D eigenvalue weighted by molar-refractivity contribution is 6.31. The third kappa shape index (κ3) is 2.46. The average Bonchev–Trinajstić information content (AvgIpc) is 2.43. The number of rotatable bonds is 2. The van der Waals surface area contributed by atoms with Gasteiger partial charge < -0.3 is 10.3 Å². The van der Waals surface area contributed by atoms with Crippen molar-refractivity contribution in [2.45, 2.75) is 19.4 Å². The minimum absolute atomic E-state index is 0.162. The third-order valence-corrected chi connectivity index (χ3v) is 3.75. The molecule has 0 radical (unpaired) electrons. The first-order chi connectivity index (χ1) is 9.65. The molecule has 104 valence electrons. The Morgan fingerprint density at radius 2 is 2.25 bits per heavy atom. The molecule has 1 aromatic heterocycles. The van der Waals surface area contributed by atoms with Crippen molar-refractivity contribution in [1.82, 2.24) is 15.3 Å². The van der Waals surface area contributed by atoms with E-state index in [0.29, 0.717) is 34.9 Å². The third-order valence-electron chi connectivity index (χ3n) is 3.40. The smallest absolute Gasteiger partial charge is 0.255 e. The number of hydrogen-bond donors (Lipinski definition) is 2. The molecule has 0 unspecified atom stereocenters. The lowest BCUT2D eigenvalue weighted by molar-refractivity contribution is 0.603. The van der Waals surface area contributed by atoms with Gasteiger partial charge in [0.15, 0.2) is 0 Å². The predicted molar refractivity (Wildman–Crippen MR) is 74.5 cm³/mol. The van der Waals surface area contributed by atoms with E-state index in [4.69, 9.17) is 11.6 Å². The largest absolute Gasteiger partial charge is 0.312 e. The maximum Gasteiger partial charge on any atom is 0.255 e. The van der Waals surface area contributed by atoms with Crippen LogP contribution in [-0.2, 0) is 19.4 Å². The van der Waals surface area contributed by atoms with Crippen LogP contribution in [0.5, 0.6) is 0 Å². The van der Waals surface area contributed by atoms with Gasteiger partial charge in [-0.1, -0.05) is 17.7 Å². The van der Waals surface area contributed by atoms with Crippen molar-refractivity contribution in [3.8, 4) is 0 Å². The molecule has 2 aromatic rings. The van der Waals surface area contributed by atoms with E-state index in [2.05, 4.69) is 15.3 Å². The zero-order valence-electron chi connectivity index (χ0n) is 10.7. The molecule has 0 aliphatic carbocycles. The standard InChI is InChI=1S/C14H13ClFN3O/c15-10-2-1-3-11(16)8(10)6-13-18-12-4-5-17-7-9(12)14(20)19-13/h1-3,17H,4-7H2,(H,18,19,20). The Labute approximate surface area is 120 Å². The van der Waals surface area contributed by atoms with Crippen molar-refractivity contribution in [3.05, 3.63) is 62.0 Å². The minimum atomic E-state index is -0.389. The average molecular weight is 294 g/mol. The Morgan fingerprint density at radius 3 is 3.05 bits per heavy atom. The number of nitrogens with one attached hydrogen (secondary N) is 2. The molecule has 2 heterocycles. The fourth-order valence-corrected chi connectivity index (χ4v) is 2.59. The Balaban J connectivity index is 2.00. The quantitative estimate of drug-likeness (QED) is 0.888. The molecular formula is C14H13ClFN3O. The van der Waals surface area contributed by atoms with Crippen LogP contribution >= 0.6 is 11.6 Å². The van der Waals surface area contributed by atoms with Crippen LogP contribution in [0.25, 0.3) is 0 Å². The molecule has 2 N–H and O–H groups in total. The summed E-state index contributed by atoms with van der Waals surface area (Å²) in [6.07, 6.45) is 0.888. The second-order valence-corrected chi connectivity index (χ2v) is 5.15. The summed E-state index contributed by atoms with van der Waals surface area (Å²) in [6, 6.07) is 4.53. The fraction of sp³-hybridized carbons (Fsp3) is 0.286. The van der Waals surface area contributed by atoms with Crippen molar-refractivity contribution < 1.29 is 4.39 Å². The molecule has 1 aliphatic heterocycles. The summed E-state index contributed by atoms with van der Waals surface area (Å²) < 4.78 is 13.8. The van der Waals surface area contributed by atoms with E-state index in [1.165, 1.54) is 6.07 Å². The molecule has 1 aliphatic rings. The summed E-state index contributed by atoms with van der Waals surface area (Å²) in [5.41, 5.74) is 1.64. The van der Waals surface area contributed by atoms with E-state index in [-0.39, 0.29) is 17.8 Å². The van der Waals surface area contributed by atoms with Crippen LogP contribution in [0.2, 0.25) is 5.02 Å². The van der Waals surface area contributed by atoms with Crippen LogP contribution in [0.1, 0.15) is 22.6 Å². The zero-order chi connectivity index (χ0) is 14.1. The van der Waals surface area contributed by atoms with Gasteiger partial charge in [-0.25, -0.2) is 9.37 Å². The van der Waals surface area contributed by atoms with E-state index < -0.39 is 0 Å². The van der Waals surface area contributed by atoms with Crippen LogP contribution in [0, 0.1) is 5.82 Å². The molecule has 0 atom stereocenters. The van der Waals surface area contributed by atoms with E-state index in [9.17, 15) is 9.18 Å². The van der Waals surface area contributed by atoms with Crippen LogP contribution in [-0.4, -0.2) is 16.5 Å². The van der Waals surface area contributed by atoms with Gasteiger partial charge in [0.25, 0.3) is 5.56 Å². The molecule has 0 amide bonds. The van der Waals surface area contributed by atoms with Gasteiger partial charge in [-0.05, 0) is 12.1 Å². The van der Waals surface area contributed by atoms with Gasteiger partial charge in [0.1, 0.15) is 11.6 Å². The number of H-pyrrole nitrogens is 1. The van der Waals surface area contributed by atoms with E-state index in [0.717, 1.165) is 12.2 Å². The summed E-state index contributed by atoms with van der Waals surface area (Å²) in [5, 5.41) is 3.47. The highest BCUT2D eigenvalue weighted by Crippen LogP contribution is 2.21. The normalized spacial score (nSPS) is 14.1. The first kappa shape index (κ1) is 13.3. The van der Waals surface area contributed by atoms with Crippen LogP contribution in [0.4, 0.5) is 4.39 Å². The van der Waals surface area contributed by atoms with E-state index in [1.807, 2.05) is 0 Å². The van der Waals surface area contributed by atoms with Gasteiger partial charge in [0.2, 0.25) is 0 Å². The topological polar surface area (TPSA) is 57.8 Å². The first-order valence-electron chi connectivity index (χ1n) is 6.39. The van der Waals surface area contributed by atoms with Crippen molar-refractivity contribution >= 4 is 11.6 Å². The maximum atomic E-state index is 13.8. The van der Waals surface area contributed by atoms with Gasteiger partial charge >= 0.3 is 0 Å². The van der Waals surface area contributed by atoms with Gasteiger partial charge in [-0.3, -0.25) is 4.79 Å². The highest BCUT2D eigenvalue weighted by atomic mass is 35.5. The number of hydrogen-bond acceptors (Lipinski definition) is 3. The van der Waals surface area contributed by atoms with E-state index in [1.54, 1.807) is 12.1 Å². The molecule has 1 aromatic carbocycles. The zero-order valence-corrected chi connectivity index (χ0v) is 11.4. The number of aromatic nitrogens is 2. The second-order valence-electron chi connectivity index (χ2n) is 4.74. The molecule has 0 saturated heterocycles. The number of benzene rings is 1. The highest BCUT2D eigenvalue weighted by Gasteiger charge is 2.16. The predicted octanol–water partition coefficient (Wildman–Crippen LogP) is 1.80. The number of halogens is 2. The second kappa shape index (κ2) is 5.34. The molecule has 4 nitrogen and oxygen atoms in total. The summed E-state index contributed by atoms with van der Waals surface area (Å²) in [5.74, 6) is 0.0576. The van der Waals surface area contributed by atoms with Crippen molar-refractivity contribution in [2.24, 2.45) is 0 Å². The molecule has 6 heteroatoms. The molecule has 0 fully saturated rings. The van der Waals surface area contributed by atoms with Gasteiger partial charge in [0.05, 0.1) is 11.3 Å². The van der Waals surface area contributed by atoms with Crippen LogP contribution in [0.3, 0.4) is 0 Å². The van der Waals surface area contributed by atoms with E-state index >= 15 is 0 Å². The summed E-state index contributed by atoms with van der Waals surface area (Å²) in [6.45, 7) is 1.32. The lowest BCUT2D eigenvalue weighted by atomic mass is 10.1. The Morgan fingerprint density at radius 1 is 1.40 bits per heavy atom. The summed E-state index contributed by atoms with van der Waals surface area (Å²) in [7, 11) is 0. The molecule has 20 heavy (non-hydrogen) atoms. The number of nitrogens with zero attached hydrogens (tertiary/aromatic N) is 1. The molecular weight excluding hydrogens is 281 g/mol. The lowest BCUT2D eigenvalue weighted by Gasteiger charge is -2.16. The Bertz CT molecular complexity index is 694. The Kier molecular flexibility index (Phi) is 3.54. The molecule has 0 spiro atoms. The number of fused-ring (bicyclic) bond motifs is 1. The monoisotopic (exact) mass is 293 g/mol. The minimum Gasteiger partial charge on any atom is -0.312 e. The van der Waals surface area contributed by atoms with Crippen molar-refractivity contribution in [2.75, 3.05) is 6.54 Å². The first-order valence-corrected chi connectivity index (χ1v) is 6.77. The van der Waals surface area contributed by atoms with Crippen molar-refractivity contribution in [3.63, 3.8) is 0 Å². The summed E-state index contributed by atoms with van der Waals surface area (Å²) >= 11 is 5.99. The Hall–Kier alpha value is -1.72. The molecule has 3 rings (SSSR count). The van der Waals surface area contributed by atoms with Crippen LogP contribution < -0.4 is 10.9 Å². The lowest BCUT2D eigenvalue weighted by Crippen LogP contribution is -2.32. The van der Waals surface area contributed by atoms with Gasteiger partial charge in [0, 0.05) is 36.5 Å². The van der Waals surface area contributed by atoms with Crippen molar-refractivity contribution in [1.29, 1.82) is 0 Å². The maximum absolute atomic E-state index is 13.8. The van der Waals surface area contributed by atoms with Gasteiger partial charge in [-0.2, -0.15) is 0 Å². The molecule has 0 saturated carbocycles. The number of aromatic amines is 1. The van der Waals surface area contributed by atoms with Crippen LogP contribution in [0.15, 0.2) is 23.0 Å². The van der Waals surface area contributed by atoms with Gasteiger partial charge in [-0.15, -0.1) is 0 Å². The molecule has 0 bridgehead atoms. The fourth-order valence-electron chi connectivity index (χ4n) is 2.36. The summed E-state index contributed by atoms with van der Waals surface area (Å²) in [4.78, 5) is 19.1.